The fourth-order valence-electron chi connectivity index (χ4n) is 2.25. The van der Waals surface area contributed by atoms with E-state index in [0.29, 0.717) is 40.7 Å². The lowest BCUT2D eigenvalue weighted by molar-refractivity contribution is 0.0532. The Morgan fingerprint density at radius 3 is 2.85 bits per heavy atom. The minimum Gasteiger partial charge on any atom is -0.462 e. The van der Waals surface area contributed by atoms with Crippen LogP contribution in [0.2, 0.25) is 0 Å². The third-order valence-corrected chi connectivity index (χ3v) is 4.80. The molecule has 140 valence electrons. The molecule has 8 nitrogen and oxygen atoms in total. The summed E-state index contributed by atoms with van der Waals surface area (Å²) < 4.78 is 6.11. The van der Waals surface area contributed by atoms with E-state index >= 15 is 0 Å². The van der Waals surface area contributed by atoms with Crippen molar-refractivity contribution < 1.29 is 14.3 Å². The molecule has 0 saturated heterocycles. The molecular weight excluding hydrogens is 386 g/mol. The van der Waals surface area contributed by atoms with Crippen LogP contribution in [-0.4, -0.2) is 40.1 Å². The maximum absolute atomic E-state index is 11.9. The monoisotopic (exact) mass is 403 g/mol. The number of pyridine rings is 1. The molecule has 3 aromatic heterocycles. The van der Waals surface area contributed by atoms with Crippen molar-refractivity contribution in [2.24, 2.45) is 0 Å². The number of esters is 1. The van der Waals surface area contributed by atoms with Crippen LogP contribution in [0, 0.1) is 0 Å². The first-order valence-corrected chi connectivity index (χ1v) is 9.48. The molecule has 3 heterocycles. The molecule has 2 amide bonds. The summed E-state index contributed by atoms with van der Waals surface area (Å²) in [5.41, 5.74) is 2.27. The predicted molar refractivity (Wildman–Crippen MR) is 107 cm³/mol. The quantitative estimate of drug-likeness (QED) is 0.501. The smallest absolute Gasteiger partial charge is 0.348 e. The molecule has 0 aliphatic heterocycles. The van der Waals surface area contributed by atoms with Crippen molar-refractivity contribution in [3.8, 4) is 11.3 Å². The van der Waals surface area contributed by atoms with Gasteiger partial charge in [0.1, 0.15) is 16.2 Å². The highest BCUT2D eigenvalue weighted by Crippen LogP contribution is 2.26. The van der Waals surface area contributed by atoms with Gasteiger partial charge in [0.25, 0.3) is 0 Å². The molecule has 0 unspecified atom stereocenters. The van der Waals surface area contributed by atoms with Gasteiger partial charge in [0.15, 0.2) is 5.65 Å². The molecule has 0 aromatic carbocycles. The van der Waals surface area contributed by atoms with Crippen LogP contribution < -0.4 is 9.62 Å². The Morgan fingerprint density at radius 1 is 1.30 bits per heavy atom. The number of amides is 2. The van der Waals surface area contributed by atoms with Crippen molar-refractivity contribution in [3.05, 3.63) is 34.7 Å². The zero-order valence-corrected chi connectivity index (χ0v) is 16.4. The van der Waals surface area contributed by atoms with Gasteiger partial charge in [-0.3, -0.25) is 4.98 Å². The molecule has 0 aliphatic rings. The van der Waals surface area contributed by atoms with E-state index in [1.165, 1.54) is 11.3 Å². The molecule has 0 saturated carbocycles. The lowest BCUT2D eigenvalue weighted by atomic mass is 10.2. The molecule has 0 fully saturated rings. The van der Waals surface area contributed by atoms with Gasteiger partial charge in [-0.2, -0.15) is 0 Å². The number of thiophene rings is 1. The number of hydrogen-bond acceptors (Lipinski definition) is 8. The number of ether oxygens (including phenoxy) is 1. The summed E-state index contributed by atoms with van der Waals surface area (Å²) in [5, 5.41) is 4.46. The minimum absolute atomic E-state index is 0.320. The summed E-state index contributed by atoms with van der Waals surface area (Å²) in [6.45, 7) is 4.38. The van der Waals surface area contributed by atoms with E-state index in [4.69, 9.17) is 4.74 Å². The second kappa shape index (κ2) is 8.31. The fraction of sp³-hybridized carbons (Fsp3) is 0.235. The van der Waals surface area contributed by atoms with Crippen molar-refractivity contribution in [1.82, 2.24) is 20.3 Å². The first-order chi connectivity index (χ1) is 13.0. The van der Waals surface area contributed by atoms with Gasteiger partial charge in [0.05, 0.1) is 18.5 Å². The van der Waals surface area contributed by atoms with E-state index < -0.39 is 0 Å². The van der Waals surface area contributed by atoms with Crippen molar-refractivity contribution >= 4 is 53.1 Å². The standard InChI is InChI=1S/C17H17N5O3S2/c1-3-18-17(24)22(26)14-6-5-11-15(21-14)20-12(8-19-11)10-7-13(27-9-10)16(23)25-4-2/h5-9,26H,3-4H2,1-2H3,(H,18,24). The summed E-state index contributed by atoms with van der Waals surface area (Å²) in [5.74, 6) is -0.0312. The van der Waals surface area contributed by atoms with Gasteiger partial charge in [0.2, 0.25) is 0 Å². The molecule has 1 N–H and O–H groups in total. The minimum atomic E-state index is -0.381. The van der Waals surface area contributed by atoms with Gasteiger partial charge in [0, 0.05) is 17.5 Å². The van der Waals surface area contributed by atoms with Crippen LogP contribution in [-0.2, 0) is 4.74 Å². The second-order valence-corrected chi connectivity index (χ2v) is 6.65. The summed E-state index contributed by atoms with van der Waals surface area (Å²) in [7, 11) is 0. The molecule has 0 radical (unpaired) electrons. The zero-order valence-electron chi connectivity index (χ0n) is 14.7. The lowest BCUT2D eigenvalue weighted by Crippen LogP contribution is -2.34. The number of rotatable bonds is 5. The van der Waals surface area contributed by atoms with Crippen LogP contribution in [0.25, 0.3) is 22.4 Å². The number of nitrogens with zero attached hydrogens (tertiary/aromatic N) is 4. The fourth-order valence-corrected chi connectivity index (χ4v) is 3.23. The Balaban J connectivity index is 1.92. The highest BCUT2D eigenvalue weighted by atomic mass is 32.1. The first-order valence-electron chi connectivity index (χ1n) is 8.20. The van der Waals surface area contributed by atoms with Crippen molar-refractivity contribution in [1.29, 1.82) is 0 Å². The van der Waals surface area contributed by atoms with Crippen molar-refractivity contribution in [2.75, 3.05) is 17.5 Å². The van der Waals surface area contributed by atoms with Gasteiger partial charge < -0.3 is 10.1 Å². The number of carbonyl (C=O) groups is 2. The zero-order chi connectivity index (χ0) is 19.4. The summed E-state index contributed by atoms with van der Waals surface area (Å²) in [6, 6.07) is 4.69. The van der Waals surface area contributed by atoms with Crippen LogP contribution >= 0.6 is 24.2 Å². The number of carbonyl (C=O) groups excluding carboxylic acids is 2. The Labute approximate surface area is 165 Å². The highest BCUT2D eigenvalue weighted by Gasteiger charge is 2.15. The van der Waals surface area contributed by atoms with Crippen molar-refractivity contribution in [3.63, 3.8) is 0 Å². The Morgan fingerprint density at radius 2 is 2.11 bits per heavy atom. The average Bonchev–Trinajstić information content (AvgIpc) is 3.17. The predicted octanol–water partition coefficient (Wildman–Crippen LogP) is 3.31. The van der Waals surface area contributed by atoms with E-state index in [2.05, 4.69) is 33.1 Å². The Kier molecular flexibility index (Phi) is 5.87. The number of fused-ring (bicyclic) bond motifs is 1. The number of nitrogens with one attached hydrogen (secondary N) is 1. The molecule has 3 aromatic rings. The highest BCUT2D eigenvalue weighted by molar-refractivity contribution is 7.82. The molecule has 0 spiro atoms. The van der Waals surface area contributed by atoms with Gasteiger partial charge in [-0.05, 0) is 32.0 Å². The van der Waals surface area contributed by atoms with Gasteiger partial charge in [-0.1, -0.05) is 12.8 Å². The third kappa shape index (κ3) is 4.17. The second-order valence-electron chi connectivity index (χ2n) is 5.33. The molecule has 27 heavy (non-hydrogen) atoms. The average molecular weight is 403 g/mol. The number of urea groups is 1. The van der Waals surface area contributed by atoms with Gasteiger partial charge in [-0.15, -0.1) is 11.3 Å². The summed E-state index contributed by atoms with van der Waals surface area (Å²) in [4.78, 5) is 37.4. The topological polar surface area (TPSA) is 97.3 Å². The molecule has 10 heteroatoms. The molecule has 3 rings (SSSR count). The summed E-state index contributed by atoms with van der Waals surface area (Å²) in [6.07, 6.45) is 1.61. The van der Waals surface area contributed by atoms with E-state index in [9.17, 15) is 9.59 Å². The Hall–Kier alpha value is -2.72. The number of hydrogen-bond donors (Lipinski definition) is 2. The SMILES string of the molecule is CCNC(=O)N(S)c1ccc2ncc(-c3csc(C(=O)OCC)c3)nc2n1. The van der Waals surface area contributed by atoms with Crippen LogP contribution in [0.1, 0.15) is 23.5 Å². The van der Waals surface area contributed by atoms with Gasteiger partial charge in [-0.25, -0.2) is 23.9 Å². The molecule has 0 aliphatic carbocycles. The van der Waals surface area contributed by atoms with Gasteiger partial charge >= 0.3 is 12.0 Å². The van der Waals surface area contributed by atoms with Crippen LogP contribution in [0.15, 0.2) is 29.8 Å². The van der Waals surface area contributed by atoms with E-state index in [-0.39, 0.29) is 12.0 Å². The maximum Gasteiger partial charge on any atom is 0.348 e. The molecule has 0 bridgehead atoms. The van der Waals surface area contributed by atoms with E-state index in [0.717, 1.165) is 9.87 Å². The van der Waals surface area contributed by atoms with Crippen LogP contribution in [0.3, 0.4) is 0 Å². The number of anilines is 1. The molecular formula is C17H17N5O3S2. The van der Waals surface area contributed by atoms with Crippen LogP contribution in [0.5, 0.6) is 0 Å². The number of thiol groups is 1. The summed E-state index contributed by atoms with van der Waals surface area (Å²) >= 11 is 5.46. The van der Waals surface area contributed by atoms with Crippen molar-refractivity contribution in [2.45, 2.75) is 13.8 Å². The van der Waals surface area contributed by atoms with E-state index in [1.807, 2.05) is 12.3 Å². The first kappa shape index (κ1) is 19.1. The lowest BCUT2D eigenvalue weighted by Gasteiger charge is -2.14. The number of aromatic nitrogens is 3. The van der Waals surface area contributed by atoms with E-state index in [1.54, 1.807) is 31.3 Å². The maximum atomic E-state index is 11.9. The van der Waals surface area contributed by atoms with Crippen LogP contribution in [0.4, 0.5) is 10.6 Å². The molecule has 0 atom stereocenters. The Bertz CT molecular complexity index is 992. The largest absolute Gasteiger partial charge is 0.462 e. The third-order valence-electron chi connectivity index (χ3n) is 3.50. The normalized spacial score (nSPS) is 10.6.